The molecule has 0 saturated heterocycles. The number of halogens is 2. The van der Waals surface area contributed by atoms with Gasteiger partial charge in [0.05, 0.1) is 5.25 Å². The summed E-state index contributed by atoms with van der Waals surface area (Å²) in [6.45, 7) is 0. The van der Waals surface area contributed by atoms with Gasteiger partial charge in [-0.05, 0) is 35.4 Å². The molecule has 0 bridgehead atoms. The van der Waals surface area contributed by atoms with Gasteiger partial charge in [-0.2, -0.15) is 0 Å². The van der Waals surface area contributed by atoms with Gasteiger partial charge in [-0.3, -0.25) is 14.2 Å². The molecule has 0 fully saturated rings. The molecule has 116 valence electrons. The van der Waals surface area contributed by atoms with Crippen molar-refractivity contribution < 1.29 is 23.0 Å². The Kier molecular flexibility index (Phi) is 5.35. The number of benzene rings is 2. The van der Waals surface area contributed by atoms with Crippen molar-refractivity contribution in [3.63, 3.8) is 0 Å². The fourth-order valence-corrected chi connectivity index (χ4v) is 3.43. The van der Waals surface area contributed by atoms with Gasteiger partial charge < -0.3 is 0 Å². The van der Waals surface area contributed by atoms with Gasteiger partial charge in [0.1, 0.15) is 17.4 Å². The maximum atomic E-state index is 13.0. The zero-order valence-corrected chi connectivity index (χ0v) is 12.1. The second-order valence-corrected chi connectivity index (χ2v) is 6.06. The number of amides is 1. The zero-order valence-electron chi connectivity index (χ0n) is 11.3. The van der Waals surface area contributed by atoms with Crippen LogP contribution in [0.25, 0.3) is 0 Å². The lowest BCUT2D eigenvalue weighted by atomic mass is 10.0. The molecule has 1 atom stereocenters. The van der Waals surface area contributed by atoms with E-state index in [0.717, 1.165) is 0 Å². The molecule has 0 aliphatic carbocycles. The van der Waals surface area contributed by atoms with Crippen molar-refractivity contribution in [2.45, 2.75) is 5.25 Å². The summed E-state index contributed by atoms with van der Waals surface area (Å²) in [5, 5.41) is 7.81. The molecule has 7 heteroatoms. The molecule has 2 rings (SSSR count). The Morgan fingerprint density at radius 2 is 1.41 bits per heavy atom. The third-order valence-corrected chi connectivity index (χ3v) is 4.62. The van der Waals surface area contributed by atoms with Crippen molar-refractivity contribution in [2.75, 3.05) is 5.75 Å². The molecule has 2 aromatic carbocycles. The first-order chi connectivity index (χ1) is 10.5. The van der Waals surface area contributed by atoms with E-state index < -0.39 is 39.3 Å². The number of carbonyl (C=O) groups excluding carboxylic acids is 1. The summed E-state index contributed by atoms with van der Waals surface area (Å²) < 4.78 is 38.5. The van der Waals surface area contributed by atoms with Crippen molar-refractivity contribution in [2.24, 2.45) is 0 Å². The monoisotopic (exact) mass is 325 g/mol. The Bertz CT molecular complexity index is 629. The molecule has 1 unspecified atom stereocenters. The molecule has 4 nitrogen and oxygen atoms in total. The predicted octanol–water partition coefficient (Wildman–Crippen LogP) is 2.31. The highest BCUT2D eigenvalue weighted by Gasteiger charge is 2.23. The highest BCUT2D eigenvalue weighted by Crippen LogP contribution is 2.28. The number of hydrogen-bond acceptors (Lipinski definition) is 3. The Balaban J connectivity index is 2.39. The Morgan fingerprint density at radius 1 is 1.00 bits per heavy atom. The maximum absolute atomic E-state index is 13.0. The Labute approximate surface area is 128 Å². The standard InChI is InChI=1S/C15H13F2NO3S/c16-12-5-1-10(2-6-12)15(22(21)9-14(19)18-20)11-3-7-13(17)8-4-11/h1-8,15,20H,9H2,(H,18,19). The van der Waals surface area contributed by atoms with Gasteiger partial charge in [-0.25, -0.2) is 14.3 Å². The van der Waals surface area contributed by atoms with Crippen LogP contribution in [0.3, 0.4) is 0 Å². The summed E-state index contributed by atoms with van der Waals surface area (Å²) >= 11 is 0. The molecule has 0 aromatic heterocycles. The minimum Gasteiger partial charge on any atom is -0.289 e. The normalized spacial score (nSPS) is 12.2. The summed E-state index contributed by atoms with van der Waals surface area (Å²) in [5.74, 6) is -2.12. The van der Waals surface area contributed by atoms with Gasteiger partial charge in [0.15, 0.2) is 0 Å². The second kappa shape index (κ2) is 7.24. The lowest BCUT2D eigenvalue weighted by Gasteiger charge is -2.17. The van der Waals surface area contributed by atoms with Crippen molar-refractivity contribution in [3.8, 4) is 0 Å². The first-order valence-corrected chi connectivity index (χ1v) is 7.70. The van der Waals surface area contributed by atoms with Crippen LogP contribution in [0.5, 0.6) is 0 Å². The van der Waals surface area contributed by atoms with E-state index in [2.05, 4.69) is 0 Å². The lowest BCUT2D eigenvalue weighted by molar-refractivity contribution is -0.126. The molecule has 0 spiro atoms. The SMILES string of the molecule is O=C(CS(=O)C(c1ccc(F)cc1)c1ccc(F)cc1)NO. The van der Waals surface area contributed by atoms with Crippen LogP contribution in [0, 0.1) is 11.6 Å². The average molecular weight is 325 g/mol. The van der Waals surface area contributed by atoms with E-state index in [9.17, 15) is 17.8 Å². The van der Waals surface area contributed by atoms with Crippen LogP contribution >= 0.6 is 0 Å². The summed E-state index contributed by atoms with van der Waals surface area (Å²) in [4.78, 5) is 11.2. The van der Waals surface area contributed by atoms with Crippen LogP contribution in [0.4, 0.5) is 8.78 Å². The number of carbonyl (C=O) groups is 1. The predicted molar refractivity (Wildman–Crippen MR) is 77.6 cm³/mol. The molecule has 1 amide bonds. The highest BCUT2D eigenvalue weighted by atomic mass is 32.2. The van der Waals surface area contributed by atoms with Crippen molar-refractivity contribution in [1.29, 1.82) is 0 Å². The molecule has 2 N–H and O–H groups in total. The Morgan fingerprint density at radius 3 is 1.77 bits per heavy atom. The molecular formula is C15H13F2NO3S. The molecule has 0 saturated carbocycles. The van der Waals surface area contributed by atoms with Crippen LogP contribution in [-0.2, 0) is 15.6 Å². The minimum absolute atomic E-state index is 0.435. The van der Waals surface area contributed by atoms with Crippen molar-refractivity contribution in [1.82, 2.24) is 5.48 Å². The third kappa shape index (κ3) is 3.96. The first kappa shape index (κ1) is 16.3. The van der Waals surface area contributed by atoms with Gasteiger partial charge in [0, 0.05) is 10.8 Å². The summed E-state index contributed by atoms with van der Waals surface area (Å²) in [6, 6.07) is 10.7. The number of nitrogens with one attached hydrogen (secondary N) is 1. The van der Waals surface area contributed by atoms with Gasteiger partial charge in [0.25, 0.3) is 5.91 Å². The van der Waals surface area contributed by atoms with Crippen molar-refractivity contribution >= 4 is 16.7 Å². The smallest absolute Gasteiger partial charge is 0.255 e. The number of rotatable bonds is 5. The molecular weight excluding hydrogens is 312 g/mol. The molecule has 0 aliphatic rings. The van der Waals surface area contributed by atoms with Gasteiger partial charge >= 0.3 is 0 Å². The molecule has 0 radical (unpaired) electrons. The van der Waals surface area contributed by atoms with E-state index in [1.807, 2.05) is 0 Å². The topological polar surface area (TPSA) is 66.4 Å². The van der Waals surface area contributed by atoms with Crippen LogP contribution in [0.2, 0.25) is 0 Å². The fraction of sp³-hybridized carbons (Fsp3) is 0.133. The van der Waals surface area contributed by atoms with E-state index in [-0.39, 0.29) is 0 Å². The summed E-state index contributed by atoms with van der Waals surface area (Å²) in [5.41, 5.74) is 2.47. The van der Waals surface area contributed by atoms with Gasteiger partial charge in [-0.15, -0.1) is 0 Å². The van der Waals surface area contributed by atoms with E-state index in [1.165, 1.54) is 54.0 Å². The van der Waals surface area contributed by atoms with Crippen LogP contribution in [0.1, 0.15) is 16.4 Å². The molecule has 2 aromatic rings. The maximum Gasteiger partial charge on any atom is 0.255 e. The third-order valence-electron chi connectivity index (χ3n) is 3.01. The average Bonchev–Trinajstić information content (AvgIpc) is 2.51. The fourth-order valence-electron chi connectivity index (χ4n) is 2.02. The van der Waals surface area contributed by atoms with Crippen LogP contribution in [-0.4, -0.2) is 21.1 Å². The molecule has 0 heterocycles. The summed E-state index contributed by atoms with van der Waals surface area (Å²) in [6.07, 6.45) is 0. The van der Waals surface area contributed by atoms with Gasteiger partial charge in [0.2, 0.25) is 0 Å². The van der Waals surface area contributed by atoms with E-state index in [4.69, 9.17) is 5.21 Å². The molecule has 22 heavy (non-hydrogen) atoms. The Hall–Kier alpha value is -2.12. The van der Waals surface area contributed by atoms with E-state index in [1.54, 1.807) is 0 Å². The first-order valence-electron chi connectivity index (χ1n) is 6.32. The van der Waals surface area contributed by atoms with Gasteiger partial charge in [-0.1, -0.05) is 24.3 Å². The quantitative estimate of drug-likeness (QED) is 0.655. The molecule has 0 aliphatic heterocycles. The highest BCUT2D eigenvalue weighted by molar-refractivity contribution is 7.86. The zero-order chi connectivity index (χ0) is 16.1. The number of hydrogen-bond donors (Lipinski definition) is 2. The van der Waals surface area contributed by atoms with Crippen LogP contribution < -0.4 is 5.48 Å². The summed E-state index contributed by atoms with van der Waals surface area (Å²) in [7, 11) is -1.72. The minimum atomic E-state index is -1.72. The largest absolute Gasteiger partial charge is 0.289 e. The lowest BCUT2D eigenvalue weighted by Crippen LogP contribution is -2.27. The van der Waals surface area contributed by atoms with E-state index >= 15 is 0 Å². The second-order valence-electron chi connectivity index (χ2n) is 4.54. The number of hydroxylamine groups is 1. The van der Waals surface area contributed by atoms with Crippen molar-refractivity contribution in [3.05, 3.63) is 71.3 Å². The van der Waals surface area contributed by atoms with E-state index in [0.29, 0.717) is 11.1 Å². The van der Waals surface area contributed by atoms with Crippen LogP contribution in [0.15, 0.2) is 48.5 Å².